The molecule has 3 heterocycles. The third-order valence-electron chi connectivity index (χ3n) is 5.84. The lowest BCUT2D eigenvalue weighted by Gasteiger charge is -2.30. The summed E-state index contributed by atoms with van der Waals surface area (Å²) in [5.41, 5.74) is 1.79. The fourth-order valence-corrected chi connectivity index (χ4v) is 4.38. The van der Waals surface area contributed by atoms with Crippen LogP contribution in [0.25, 0.3) is 27.9 Å². The van der Waals surface area contributed by atoms with Crippen LogP contribution >= 0.6 is 0 Å². The Morgan fingerprint density at radius 3 is 2.68 bits per heavy atom. The van der Waals surface area contributed by atoms with Gasteiger partial charge in [-0.05, 0) is 49.1 Å². The van der Waals surface area contributed by atoms with Crippen molar-refractivity contribution in [2.24, 2.45) is 5.92 Å². The first kappa shape index (κ1) is 17.0. The molecule has 2 atom stereocenters. The number of pyridine rings is 1. The molecule has 0 aliphatic heterocycles. The average molecular weight is 377 g/mol. The Kier molecular flexibility index (Phi) is 3.96. The SMILES string of the molecule is C[C@H]1CCCC[C@H]1n1ccc2nc3ncnn3c(-c3ccc(F)cc3)c2c1=O. The maximum absolute atomic E-state index is 13.6. The minimum atomic E-state index is -0.328. The molecule has 7 heteroatoms. The molecule has 28 heavy (non-hydrogen) atoms. The van der Waals surface area contributed by atoms with Crippen LogP contribution in [-0.4, -0.2) is 24.1 Å². The van der Waals surface area contributed by atoms with Crippen molar-refractivity contribution < 1.29 is 4.39 Å². The lowest BCUT2D eigenvalue weighted by atomic mass is 9.85. The molecule has 0 radical (unpaired) electrons. The molecule has 0 spiro atoms. The van der Waals surface area contributed by atoms with E-state index in [4.69, 9.17) is 0 Å². The summed E-state index contributed by atoms with van der Waals surface area (Å²) < 4.78 is 16.9. The standard InChI is InChI=1S/C21H20FN5O/c1-13-4-2-3-5-17(13)26-11-10-16-18(20(26)28)19(14-6-8-15(22)9-7-14)27-21(25-16)23-12-24-27/h6-13,17H,2-5H2,1H3/t13-,17+/m0/s1. The van der Waals surface area contributed by atoms with E-state index in [1.54, 1.807) is 16.6 Å². The van der Waals surface area contributed by atoms with E-state index >= 15 is 0 Å². The van der Waals surface area contributed by atoms with Gasteiger partial charge in [0.15, 0.2) is 0 Å². The van der Waals surface area contributed by atoms with Gasteiger partial charge < -0.3 is 4.57 Å². The molecular weight excluding hydrogens is 357 g/mol. The van der Waals surface area contributed by atoms with Crippen LogP contribution in [0.2, 0.25) is 0 Å². The van der Waals surface area contributed by atoms with Crippen molar-refractivity contribution in [1.82, 2.24) is 24.1 Å². The van der Waals surface area contributed by atoms with Gasteiger partial charge in [0.25, 0.3) is 11.3 Å². The number of aromatic nitrogens is 5. The number of hydrogen-bond acceptors (Lipinski definition) is 4. The first-order chi connectivity index (χ1) is 13.6. The lowest BCUT2D eigenvalue weighted by molar-refractivity contribution is 0.253. The van der Waals surface area contributed by atoms with Gasteiger partial charge in [0.05, 0.1) is 16.6 Å². The van der Waals surface area contributed by atoms with Crippen LogP contribution in [0.5, 0.6) is 0 Å². The highest BCUT2D eigenvalue weighted by Gasteiger charge is 2.25. The van der Waals surface area contributed by atoms with Crippen LogP contribution < -0.4 is 5.56 Å². The molecule has 142 valence electrons. The van der Waals surface area contributed by atoms with Crippen molar-refractivity contribution in [2.45, 2.75) is 38.6 Å². The van der Waals surface area contributed by atoms with Crippen LogP contribution in [0, 0.1) is 11.7 Å². The van der Waals surface area contributed by atoms with Crippen molar-refractivity contribution >= 4 is 16.7 Å². The highest BCUT2D eigenvalue weighted by Crippen LogP contribution is 2.33. The summed E-state index contributed by atoms with van der Waals surface area (Å²) >= 11 is 0. The summed E-state index contributed by atoms with van der Waals surface area (Å²) in [6, 6.07) is 8.14. The van der Waals surface area contributed by atoms with E-state index in [0.29, 0.717) is 33.9 Å². The monoisotopic (exact) mass is 377 g/mol. The second kappa shape index (κ2) is 6.51. The second-order valence-electron chi connectivity index (χ2n) is 7.56. The third kappa shape index (κ3) is 2.61. The number of hydrogen-bond donors (Lipinski definition) is 0. The van der Waals surface area contributed by atoms with Crippen LogP contribution in [0.1, 0.15) is 38.6 Å². The molecule has 1 aliphatic carbocycles. The Labute approximate surface area is 160 Å². The minimum Gasteiger partial charge on any atom is -0.311 e. The molecule has 1 aliphatic rings. The molecule has 5 rings (SSSR count). The number of benzene rings is 1. The van der Waals surface area contributed by atoms with E-state index in [1.807, 2.05) is 16.8 Å². The summed E-state index contributed by atoms with van der Waals surface area (Å²) in [4.78, 5) is 22.3. The molecule has 0 saturated heterocycles. The summed E-state index contributed by atoms with van der Waals surface area (Å²) in [5.74, 6) is 0.529. The van der Waals surface area contributed by atoms with E-state index in [0.717, 1.165) is 19.3 Å². The van der Waals surface area contributed by atoms with Gasteiger partial charge in [-0.25, -0.2) is 9.37 Å². The van der Waals surface area contributed by atoms with Gasteiger partial charge in [0.1, 0.15) is 12.1 Å². The van der Waals surface area contributed by atoms with Gasteiger partial charge in [0.2, 0.25) is 0 Å². The molecule has 0 unspecified atom stereocenters. The highest BCUT2D eigenvalue weighted by atomic mass is 19.1. The number of rotatable bonds is 2. The van der Waals surface area contributed by atoms with Crippen LogP contribution in [-0.2, 0) is 0 Å². The summed E-state index contributed by atoms with van der Waals surface area (Å²) in [6.45, 7) is 2.21. The number of nitrogens with zero attached hydrogens (tertiary/aromatic N) is 5. The lowest BCUT2D eigenvalue weighted by Crippen LogP contribution is -2.30. The smallest absolute Gasteiger partial charge is 0.262 e. The van der Waals surface area contributed by atoms with Crippen molar-refractivity contribution in [3.63, 3.8) is 0 Å². The van der Waals surface area contributed by atoms with Crippen molar-refractivity contribution in [3.8, 4) is 11.3 Å². The Balaban J connectivity index is 1.84. The fourth-order valence-electron chi connectivity index (χ4n) is 4.38. The molecule has 3 aromatic heterocycles. The molecule has 0 amide bonds. The van der Waals surface area contributed by atoms with Crippen molar-refractivity contribution in [3.05, 3.63) is 59.0 Å². The molecule has 4 aromatic rings. The molecule has 0 bridgehead atoms. The van der Waals surface area contributed by atoms with Crippen molar-refractivity contribution in [1.29, 1.82) is 0 Å². The quantitative estimate of drug-likeness (QED) is 0.530. The Hall–Kier alpha value is -3.09. The Bertz CT molecular complexity index is 1230. The third-order valence-corrected chi connectivity index (χ3v) is 5.84. The van der Waals surface area contributed by atoms with Crippen molar-refractivity contribution in [2.75, 3.05) is 0 Å². The van der Waals surface area contributed by atoms with Gasteiger partial charge in [-0.3, -0.25) is 4.79 Å². The normalized spacial score (nSPS) is 20.1. The van der Waals surface area contributed by atoms with Gasteiger partial charge in [-0.2, -0.15) is 14.6 Å². The molecule has 0 N–H and O–H groups in total. The zero-order valence-electron chi connectivity index (χ0n) is 15.5. The second-order valence-corrected chi connectivity index (χ2v) is 7.56. The molecule has 1 saturated carbocycles. The maximum Gasteiger partial charge on any atom is 0.262 e. The number of fused-ring (bicyclic) bond motifs is 2. The Morgan fingerprint density at radius 2 is 1.89 bits per heavy atom. The van der Waals surface area contributed by atoms with Crippen LogP contribution in [0.4, 0.5) is 4.39 Å². The van der Waals surface area contributed by atoms with Gasteiger partial charge in [-0.15, -0.1) is 0 Å². The summed E-state index contributed by atoms with van der Waals surface area (Å²) in [5, 5.41) is 4.76. The first-order valence-corrected chi connectivity index (χ1v) is 9.64. The van der Waals surface area contributed by atoms with Gasteiger partial charge >= 0.3 is 0 Å². The minimum absolute atomic E-state index is 0.0829. The van der Waals surface area contributed by atoms with E-state index in [-0.39, 0.29) is 17.4 Å². The van der Waals surface area contributed by atoms with E-state index < -0.39 is 0 Å². The highest BCUT2D eigenvalue weighted by molar-refractivity contribution is 5.93. The topological polar surface area (TPSA) is 65.1 Å². The predicted octanol–water partition coefficient (Wildman–Crippen LogP) is 4.00. The maximum atomic E-state index is 13.6. The fraction of sp³-hybridized carbons (Fsp3) is 0.333. The molecule has 1 aromatic carbocycles. The van der Waals surface area contributed by atoms with E-state index in [9.17, 15) is 9.18 Å². The Morgan fingerprint density at radius 1 is 1.11 bits per heavy atom. The van der Waals surface area contributed by atoms with Crippen LogP contribution in [0.3, 0.4) is 0 Å². The van der Waals surface area contributed by atoms with Gasteiger partial charge in [-0.1, -0.05) is 19.8 Å². The van der Waals surface area contributed by atoms with Crippen LogP contribution in [0.15, 0.2) is 47.7 Å². The molecule has 6 nitrogen and oxygen atoms in total. The molecule has 1 fully saturated rings. The average Bonchev–Trinajstić information content (AvgIpc) is 3.16. The first-order valence-electron chi connectivity index (χ1n) is 9.64. The zero-order chi connectivity index (χ0) is 19.3. The van der Waals surface area contributed by atoms with E-state index in [1.165, 1.54) is 24.9 Å². The van der Waals surface area contributed by atoms with E-state index in [2.05, 4.69) is 22.0 Å². The largest absolute Gasteiger partial charge is 0.311 e. The summed E-state index contributed by atoms with van der Waals surface area (Å²) in [7, 11) is 0. The number of halogens is 1. The molecular formula is C21H20FN5O. The van der Waals surface area contributed by atoms with Gasteiger partial charge in [0, 0.05) is 17.8 Å². The summed E-state index contributed by atoms with van der Waals surface area (Å²) in [6.07, 6.45) is 7.73. The predicted molar refractivity (Wildman–Crippen MR) is 105 cm³/mol. The zero-order valence-corrected chi connectivity index (χ0v) is 15.5.